The van der Waals surface area contributed by atoms with Gasteiger partial charge in [-0.05, 0) is 35.9 Å². The van der Waals surface area contributed by atoms with Crippen LogP contribution in [-0.4, -0.2) is 20.9 Å². The molecule has 0 atom stereocenters. The van der Waals surface area contributed by atoms with E-state index < -0.39 is 27.8 Å². The Hall–Kier alpha value is -3.98. The minimum Gasteiger partial charge on any atom is -0.423 e. The topological polar surface area (TPSA) is 135 Å². The molecule has 0 aliphatic rings. The van der Waals surface area contributed by atoms with Crippen molar-refractivity contribution < 1.29 is 14.5 Å². The molecule has 1 aromatic heterocycles. The third-order valence-corrected chi connectivity index (χ3v) is 4.08. The summed E-state index contributed by atoms with van der Waals surface area (Å²) < 4.78 is 5.25. The maximum atomic E-state index is 12.1. The quantitative estimate of drug-likeness (QED) is 0.285. The van der Waals surface area contributed by atoms with Gasteiger partial charge >= 0.3 is 22.9 Å². The van der Waals surface area contributed by atoms with Crippen LogP contribution in [-0.2, 0) is 0 Å². The van der Waals surface area contributed by atoms with Gasteiger partial charge in [0.15, 0.2) is 0 Å². The smallest absolute Gasteiger partial charge is 0.357 e. The number of ether oxygens (including phenoxy) is 1. The van der Waals surface area contributed by atoms with Crippen molar-refractivity contribution in [2.45, 2.75) is 0 Å². The van der Waals surface area contributed by atoms with Crippen molar-refractivity contribution in [1.29, 1.82) is 0 Å². The van der Waals surface area contributed by atoms with Crippen molar-refractivity contribution in [2.24, 2.45) is 0 Å². The number of rotatable bonds is 5. The van der Waals surface area contributed by atoms with E-state index in [1.165, 1.54) is 30.4 Å². The fourth-order valence-corrected chi connectivity index (χ4v) is 2.63. The lowest BCUT2D eigenvalue weighted by Crippen LogP contribution is -2.25. The summed E-state index contributed by atoms with van der Waals surface area (Å²) >= 11 is 5.96. The third-order valence-electron chi connectivity index (χ3n) is 3.75. The number of hydrogen-bond acceptors (Lipinski definition) is 6. The molecule has 0 bridgehead atoms. The summed E-state index contributed by atoms with van der Waals surface area (Å²) in [7, 11) is 0. The minimum absolute atomic E-state index is 0.226. The van der Waals surface area contributed by atoms with Gasteiger partial charge in [-0.15, -0.1) is 0 Å². The zero-order valence-electron chi connectivity index (χ0n) is 14.5. The monoisotopic (exact) mass is 413 g/mol. The number of carbonyl (C=O) groups excluding carboxylic acids is 1. The van der Waals surface area contributed by atoms with Crippen LogP contribution in [0.4, 0.5) is 5.69 Å². The van der Waals surface area contributed by atoms with E-state index in [2.05, 4.69) is 4.98 Å². The highest BCUT2D eigenvalue weighted by atomic mass is 35.5. The molecule has 9 nitrogen and oxygen atoms in total. The second-order valence-corrected chi connectivity index (χ2v) is 6.11. The second-order valence-electron chi connectivity index (χ2n) is 5.70. The van der Waals surface area contributed by atoms with Crippen LogP contribution < -0.4 is 16.0 Å². The van der Waals surface area contributed by atoms with Gasteiger partial charge in [0.25, 0.3) is 0 Å². The van der Waals surface area contributed by atoms with Gasteiger partial charge in [0.05, 0.1) is 15.5 Å². The number of hydrogen-bond donors (Lipinski definition) is 2. The van der Waals surface area contributed by atoms with Crippen molar-refractivity contribution >= 4 is 35.4 Å². The van der Waals surface area contributed by atoms with Crippen molar-refractivity contribution in [3.8, 4) is 5.75 Å². The first-order valence-corrected chi connectivity index (χ1v) is 8.49. The van der Waals surface area contributed by atoms with Crippen LogP contribution in [0, 0.1) is 10.1 Å². The summed E-state index contributed by atoms with van der Waals surface area (Å²) in [6.07, 6.45) is 2.69. The van der Waals surface area contributed by atoms with Crippen LogP contribution in [0.5, 0.6) is 5.75 Å². The van der Waals surface area contributed by atoms with E-state index in [1.54, 1.807) is 35.3 Å². The number of nitro groups is 1. The molecule has 2 aromatic carbocycles. The molecule has 0 spiro atoms. The van der Waals surface area contributed by atoms with E-state index >= 15 is 0 Å². The fourth-order valence-electron chi connectivity index (χ4n) is 2.41. The van der Waals surface area contributed by atoms with Gasteiger partial charge in [0.2, 0.25) is 0 Å². The van der Waals surface area contributed by atoms with Gasteiger partial charge in [0.1, 0.15) is 11.4 Å². The molecule has 0 amide bonds. The molecule has 0 fully saturated rings. The molecule has 146 valence electrons. The number of nitrogens with zero attached hydrogens (tertiary/aromatic N) is 1. The number of halogens is 1. The van der Waals surface area contributed by atoms with Crippen molar-refractivity contribution in [1.82, 2.24) is 9.97 Å². The first-order valence-electron chi connectivity index (χ1n) is 8.11. The van der Waals surface area contributed by atoms with E-state index in [0.717, 1.165) is 0 Å². The number of H-pyrrole nitrogens is 2. The van der Waals surface area contributed by atoms with Gasteiger partial charge in [-0.2, -0.15) is 0 Å². The number of esters is 1. The molecular weight excluding hydrogens is 402 g/mol. The predicted molar refractivity (Wildman–Crippen MR) is 106 cm³/mol. The van der Waals surface area contributed by atoms with Crippen LogP contribution in [0.25, 0.3) is 12.2 Å². The number of nitrogens with one attached hydrogen (secondary N) is 2. The molecule has 0 aliphatic heterocycles. The lowest BCUT2D eigenvalue weighted by atomic mass is 10.2. The molecule has 10 heteroatoms. The Bertz CT molecular complexity index is 1230. The summed E-state index contributed by atoms with van der Waals surface area (Å²) in [6, 6.07) is 12.7. The Balaban J connectivity index is 1.79. The number of benzene rings is 2. The number of aromatic nitrogens is 2. The normalized spacial score (nSPS) is 10.8. The second kappa shape index (κ2) is 8.36. The number of aromatic amines is 2. The van der Waals surface area contributed by atoms with Crippen molar-refractivity contribution in [2.75, 3.05) is 0 Å². The van der Waals surface area contributed by atoms with Crippen LogP contribution in [0.3, 0.4) is 0 Å². The van der Waals surface area contributed by atoms with Gasteiger partial charge in [-0.3, -0.25) is 19.9 Å². The molecule has 29 heavy (non-hydrogen) atoms. The highest BCUT2D eigenvalue weighted by molar-refractivity contribution is 6.33. The molecule has 2 N–H and O–H groups in total. The molecule has 0 aliphatic carbocycles. The molecule has 0 unspecified atom stereocenters. The first-order chi connectivity index (χ1) is 13.8. The summed E-state index contributed by atoms with van der Waals surface area (Å²) in [5.41, 5.74) is -2.16. The Morgan fingerprint density at radius 2 is 1.72 bits per heavy atom. The van der Waals surface area contributed by atoms with Crippen LogP contribution >= 0.6 is 11.6 Å². The number of carbonyl (C=O) groups is 1. The largest absolute Gasteiger partial charge is 0.423 e. The molecule has 0 saturated heterocycles. The lowest BCUT2D eigenvalue weighted by molar-refractivity contribution is -0.386. The van der Waals surface area contributed by atoms with E-state index in [1.807, 2.05) is 0 Å². The average Bonchev–Trinajstić information content (AvgIpc) is 2.67. The predicted octanol–water partition coefficient (Wildman–Crippen LogP) is 3.01. The summed E-state index contributed by atoms with van der Waals surface area (Å²) in [4.78, 5) is 49.2. The van der Waals surface area contributed by atoms with Gasteiger partial charge < -0.3 is 9.72 Å². The molecule has 0 saturated carbocycles. The molecular formula is C19H12ClN3O6. The maximum absolute atomic E-state index is 12.1. The van der Waals surface area contributed by atoms with Crippen LogP contribution in [0.2, 0.25) is 5.02 Å². The SMILES string of the molecule is O=C(Oc1ccc(/C=C/c2[nH]c(=O)[nH]c(=O)c2[N+](=O)[O-])cc1)c1ccccc1Cl. The zero-order valence-corrected chi connectivity index (χ0v) is 15.3. The summed E-state index contributed by atoms with van der Waals surface area (Å²) in [5, 5.41) is 11.3. The molecule has 3 rings (SSSR count). The Morgan fingerprint density at radius 1 is 1.03 bits per heavy atom. The third kappa shape index (κ3) is 4.66. The molecule has 0 radical (unpaired) electrons. The van der Waals surface area contributed by atoms with E-state index in [0.29, 0.717) is 5.56 Å². The van der Waals surface area contributed by atoms with Crippen LogP contribution in [0.15, 0.2) is 58.1 Å². The zero-order chi connectivity index (χ0) is 21.0. The van der Waals surface area contributed by atoms with Crippen molar-refractivity contribution in [3.05, 3.63) is 101 Å². The van der Waals surface area contributed by atoms with Crippen LogP contribution in [0.1, 0.15) is 21.6 Å². The van der Waals surface area contributed by atoms with Crippen molar-refractivity contribution in [3.63, 3.8) is 0 Å². The highest BCUT2D eigenvalue weighted by Crippen LogP contribution is 2.20. The fraction of sp³-hybridized carbons (Fsp3) is 0. The lowest BCUT2D eigenvalue weighted by Gasteiger charge is -2.06. The summed E-state index contributed by atoms with van der Waals surface area (Å²) in [5.74, 6) is -0.349. The first kappa shape index (κ1) is 19.8. The van der Waals surface area contributed by atoms with E-state index in [4.69, 9.17) is 16.3 Å². The van der Waals surface area contributed by atoms with Gasteiger partial charge in [-0.1, -0.05) is 41.9 Å². The molecule has 1 heterocycles. The van der Waals surface area contributed by atoms with Gasteiger partial charge in [-0.25, -0.2) is 9.59 Å². The molecule has 3 aromatic rings. The maximum Gasteiger partial charge on any atom is 0.357 e. The van der Waals surface area contributed by atoms with E-state index in [-0.39, 0.29) is 22.0 Å². The Kier molecular flexibility index (Phi) is 5.70. The van der Waals surface area contributed by atoms with E-state index in [9.17, 15) is 24.5 Å². The Morgan fingerprint density at radius 3 is 2.38 bits per heavy atom. The highest BCUT2D eigenvalue weighted by Gasteiger charge is 2.18. The van der Waals surface area contributed by atoms with Gasteiger partial charge in [0, 0.05) is 0 Å². The summed E-state index contributed by atoms with van der Waals surface area (Å²) in [6.45, 7) is 0. The Labute approximate surface area is 167 Å². The standard InChI is InChI=1S/C19H12ClN3O6/c20-14-4-2-1-3-13(14)18(25)29-12-8-5-11(6-9-12)7-10-15-16(23(27)28)17(24)22-19(26)21-15/h1-10H,(H2,21,22,24,26)/b10-7+. The average molecular weight is 414 g/mol. The minimum atomic E-state index is -1.10.